The van der Waals surface area contributed by atoms with Crippen LogP contribution in [0, 0.1) is 11.3 Å². The van der Waals surface area contributed by atoms with Crippen molar-refractivity contribution in [3.05, 3.63) is 65.9 Å². The molecule has 1 saturated carbocycles. The molecule has 0 radical (unpaired) electrons. The lowest BCUT2D eigenvalue weighted by Crippen LogP contribution is -2.32. The molecule has 3 aromatic rings. The quantitative estimate of drug-likeness (QED) is 0.544. The maximum atomic E-state index is 13.6. The fraction of sp³-hybridized carbons (Fsp3) is 0.407. The van der Waals surface area contributed by atoms with Gasteiger partial charge in [-0.05, 0) is 81.3 Å². The molecule has 0 unspecified atom stereocenters. The number of rotatable bonds is 4. The highest BCUT2D eigenvalue weighted by Gasteiger charge is 2.48. The summed E-state index contributed by atoms with van der Waals surface area (Å²) >= 11 is 0. The molecule has 5 rings (SSSR count). The van der Waals surface area contributed by atoms with Crippen LogP contribution in [0.4, 0.5) is 5.69 Å². The molecule has 1 aliphatic heterocycles. The summed E-state index contributed by atoms with van der Waals surface area (Å²) < 4.78 is 7.89. The van der Waals surface area contributed by atoms with Crippen molar-refractivity contribution in [2.24, 2.45) is 0 Å². The first-order valence-electron chi connectivity index (χ1n) is 11.4. The van der Waals surface area contributed by atoms with Crippen molar-refractivity contribution in [2.45, 2.75) is 56.6 Å². The van der Waals surface area contributed by atoms with Gasteiger partial charge >= 0.3 is 0 Å². The molecular formula is C27H29N3O2. The molecule has 1 aromatic heterocycles. The van der Waals surface area contributed by atoms with E-state index in [0.717, 1.165) is 48.9 Å². The first-order chi connectivity index (χ1) is 15.3. The summed E-state index contributed by atoms with van der Waals surface area (Å²) in [5, 5.41) is 11.0. The van der Waals surface area contributed by atoms with E-state index in [9.17, 15) is 10.1 Å². The smallest absolute Gasteiger partial charge is 0.274 e. The molecule has 0 bridgehead atoms. The average Bonchev–Trinajstić information content (AvgIpc) is 3.50. The third-order valence-electron chi connectivity index (χ3n) is 7.02. The third-order valence-corrected chi connectivity index (χ3v) is 7.02. The SMILES string of the molecule is CN(C(=O)c1cc2cc([C@H]3CCOC(C)(C)C3)ccc2n1C1(C#N)CC1)c1ccccc1. The van der Waals surface area contributed by atoms with E-state index in [1.165, 1.54) is 5.56 Å². The number of nitriles is 1. The van der Waals surface area contributed by atoms with E-state index in [1.54, 1.807) is 11.9 Å². The first-order valence-corrected chi connectivity index (χ1v) is 11.4. The minimum Gasteiger partial charge on any atom is -0.376 e. The average molecular weight is 428 g/mol. The Hall–Kier alpha value is -3.10. The second kappa shape index (κ2) is 7.50. The minimum atomic E-state index is -0.619. The number of para-hydroxylation sites is 1. The molecule has 0 N–H and O–H groups in total. The summed E-state index contributed by atoms with van der Waals surface area (Å²) in [4.78, 5) is 15.2. The normalized spacial score (nSPS) is 21.1. The zero-order valence-electron chi connectivity index (χ0n) is 19.0. The van der Waals surface area contributed by atoms with Crippen molar-refractivity contribution in [3.63, 3.8) is 0 Å². The lowest BCUT2D eigenvalue weighted by Gasteiger charge is -2.35. The molecule has 164 valence electrons. The molecule has 32 heavy (non-hydrogen) atoms. The fourth-order valence-electron chi connectivity index (χ4n) is 5.07. The van der Waals surface area contributed by atoms with Crippen molar-refractivity contribution >= 4 is 22.5 Å². The van der Waals surface area contributed by atoms with Crippen molar-refractivity contribution in [1.82, 2.24) is 4.57 Å². The van der Waals surface area contributed by atoms with E-state index in [0.29, 0.717) is 11.6 Å². The van der Waals surface area contributed by atoms with Crippen LogP contribution in [0.1, 0.15) is 61.5 Å². The Labute approximate surface area is 189 Å². The number of carbonyl (C=O) groups excluding carboxylic acids is 1. The second-order valence-corrected chi connectivity index (χ2v) is 9.82. The molecule has 2 aromatic carbocycles. The maximum Gasteiger partial charge on any atom is 0.274 e. The molecule has 1 amide bonds. The van der Waals surface area contributed by atoms with E-state index < -0.39 is 5.54 Å². The highest BCUT2D eigenvalue weighted by Crippen LogP contribution is 2.47. The molecular weight excluding hydrogens is 398 g/mol. The van der Waals surface area contributed by atoms with E-state index >= 15 is 0 Å². The first kappa shape index (κ1) is 20.8. The monoisotopic (exact) mass is 427 g/mol. The summed E-state index contributed by atoms with van der Waals surface area (Å²) in [5.41, 5.74) is 2.91. The lowest BCUT2D eigenvalue weighted by atomic mass is 9.83. The van der Waals surface area contributed by atoms with Crippen LogP contribution in [-0.4, -0.2) is 29.7 Å². The van der Waals surface area contributed by atoms with Gasteiger partial charge in [0, 0.05) is 24.7 Å². The Balaban J connectivity index is 1.59. The zero-order chi connectivity index (χ0) is 22.5. The van der Waals surface area contributed by atoms with Crippen LogP contribution >= 0.6 is 0 Å². The summed E-state index contributed by atoms with van der Waals surface area (Å²) in [6.45, 7) is 5.06. The molecule has 5 heteroatoms. The van der Waals surface area contributed by atoms with E-state index in [4.69, 9.17) is 4.74 Å². The van der Waals surface area contributed by atoms with Crippen molar-refractivity contribution in [3.8, 4) is 6.07 Å². The standard InChI is InChI=1S/C27H29N3O2/c1-26(2)17-20(11-14-32-26)19-9-10-23-21(15-19)16-24(30(23)27(18-28)12-13-27)25(31)29(3)22-7-5-4-6-8-22/h4-10,15-16,20H,11-14,17H2,1-3H3/t20-/m0/s1. The van der Waals surface area contributed by atoms with Crippen LogP contribution in [0.2, 0.25) is 0 Å². The van der Waals surface area contributed by atoms with Crippen LogP contribution in [-0.2, 0) is 10.3 Å². The molecule has 2 fully saturated rings. The van der Waals surface area contributed by atoms with Gasteiger partial charge in [-0.15, -0.1) is 0 Å². The van der Waals surface area contributed by atoms with Crippen LogP contribution in [0.5, 0.6) is 0 Å². The number of anilines is 1. The predicted molar refractivity (Wildman–Crippen MR) is 126 cm³/mol. The Morgan fingerprint density at radius 3 is 2.56 bits per heavy atom. The van der Waals surface area contributed by atoms with Crippen LogP contribution in [0.25, 0.3) is 10.9 Å². The van der Waals surface area contributed by atoms with Crippen LogP contribution < -0.4 is 4.90 Å². The van der Waals surface area contributed by atoms with Gasteiger partial charge in [0.1, 0.15) is 11.2 Å². The van der Waals surface area contributed by atoms with Gasteiger partial charge < -0.3 is 14.2 Å². The Morgan fingerprint density at radius 2 is 1.91 bits per heavy atom. The Morgan fingerprint density at radius 1 is 1.16 bits per heavy atom. The van der Waals surface area contributed by atoms with E-state index in [-0.39, 0.29) is 11.5 Å². The van der Waals surface area contributed by atoms with Crippen molar-refractivity contribution in [2.75, 3.05) is 18.6 Å². The number of hydrogen-bond donors (Lipinski definition) is 0. The number of aromatic nitrogens is 1. The predicted octanol–water partition coefficient (Wildman–Crippen LogP) is 5.60. The summed E-state index contributed by atoms with van der Waals surface area (Å²) in [6.07, 6.45) is 3.53. The minimum absolute atomic E-state index is 0.0947. The number of ether oxygens (including phenoxy) is 1. The molecule has 1 aliphatic carbocycles. The van der Waals surface area contributed by atoms with E-state index in [2.05, 4.69) is 38.1 Å². The largest absolute Gasteiger partial charge is 0.376 e. The molecule has 1 atom stereocenters. The topological polar surface area (TPSA) is 58.3 Å². The lowest BCUT2D eigenvalue weighted by molar-refractivity contribution is -0.0592. The van der Waals surface area contributed by atoms with Crippen molar-refractivity contribution in [1.29, 1.82) is 5.26 Å². The number of nitrogens with zero attached hydrogens (tertiary/aromatic N) is 3. The van der Waals surface area contributed by atoms with Gasteiger partial charge in [-0.1, -0.05) is 24.3 Å². The Kier molecular flexibility index (Phi) is 4.87. The van der Waals surface area contributed by atoms with Gasteiger partial charge in [0.05, 0.1) is 17.2 Å². The zero-order valence-corrected chi connectivity index (χ0v) is 19.0. The van der Waals surface area contributed by atoms with Gasteiger partial charge in [0.15, 0.2) is 0 Å². The van der Waals surface area contributed by atoms with E-state index in [1.807, 2.05) is 41.0 Å². The number of benzene rings is 2. The van der Waals surface area contributed by atoms with Gasteiger partial charge in [-0.25, -0.2) is 0 Å². The summed E-state index contributed by atoms with van der Waals surface area (Å²) in [6, 6.07) is 20.6. The number of fused-ring (bicyclic) bond motifs is 1. The number of amides is 1. The third kappa shape index (κ3) is 3.49. The molecule has 2 aliphatic rings. The van der Waals surface area contributed by atoms with Crippen molar-refractivity contribution < 1.29 is 9.53 Å². The molecule has 2 heterocycles. The van der Waals surface area contributed by atoms with Gasteiger partial charge in [-0.2, -0.15) is 5.26 Å². The van der Waals surface area contributed by atoms with Crippen LogP contribution in [0.3, 0.4) is 0 Å². The molecule has 5 nitrogen and oxygen atoms in total. The number of hydrogen-bond acceptors (Lipinski definition) is 3. The second-order valence-electron chi connectivity index (χ2n) is 9.82. The van der Waals surface area contributed by atoms with Gasteiger partial charge in [0.2, 0.25) is 0 Å². The van der Waals surface area contributed by atoms with Gasteiger partial charge in [0.25, 0.3) is 5.91 Å². The molecule has 1 saturated heterocycles. The highest BCUT2D eigenvalue weighted by atomic mass is 16.5. The molecule has 0 spiro atoms. The Bertz CT molecular complexity index is 1210. The maximum absolute atomic E-state index is 13.6. The fourth-order valence-corrected chi connectivity index (χ4v) is 5.07. The van der Waals surface area contributed by atoms with Gasteiger partial charge in [-0.3, -0.25) is 4.79 Å². The number of carbonyl (C=O) groups is 1. The summed E-state index contributed by atoms with van der Waals surface area (Å²) in [7, 11) is 1.79. The highest BCUT2D eigenvalue weighted by molar-refractivity contribution is 6.08. The summed E-state index contributed by atoms with van der Waals surface area (Å²) in [5.74, 6) is 0.339. The van der Waals surface area contributed by atoms with Crippen LogP contribution in [0.15, 0.2) is 54.6 Å².